The third-order valence-electron chi connectivity index (χ3n) is 6.61. The highest BCUT2D eigenvalue weighted by atomic mass is 16.5. The molecule has 0 aliphatic carbocycles. The van der Waals surface area contributed by atoms with Crippen molar-refractivity contribution in [2.45, 2.75) is 45.1 Å². The van der Waals surface area contributed by atoms with E-state index in [1.807, 2.05) is 11.8 Å². The fourth-order valence-electron chi connectivity index (χ4n) is 4.77. The summed E-state index contributed by atoms with van der Waals surface area (Å²) >= 11 is 0. The lowest BCUT2D eigenvalue weighted by Crippen LogP contribution is -2.54. The van der Waals surface area contributed by atoms with Gasteiger partial charge in [0.15, 0.2) is 0 Å². The van der Waals surface area contributed by atoms with Gasteiger partial charge in [0.05, 0.1) is 18.9 Å². The average molecular weight is 395 g/mol. The van der Waals surface area contributed by atoms with Gasteiger partial charge in [-0.25, -0.2) is 0 Å². The van der Waals surface area contributed by atoms with Crippen LogP contribution in [0.25, 0.3) is 0 Å². The Balaban J connectivity index is 1.43. The van der Waals surface area contributed by atoms with Gasteiger partial charge in [0.2, 0.25) is 11.8 Å². The molecule has 0 unspecified atom stereocenters. The Morgan fingerprint density at radius 2 is 1.64 bits per heavy atom. The van der Waals surface area contributed by atoms with Crippen molar-refractivity contribution in [2.75, 3.05) is 72.6 Å². The first-order chi connectivity index (χ1) is 13.6. The first-order valence-electron chi connectivity index (χ1n) is 11.2. The number of rotatable bonds is 6. The maximum atomic E-state index is 13.0. The molecule has 0 radical (unpaired) electrons. The number of piperidine rings is 2. The van der Waals surface area contributed by atoms with Crippen LogP contribution in [0.3, 0.4) is 0 Å². The molecule has 0 bridgehead atoms. The van der Waals surface area contributed by atoms with E-state index in [-0.39, 0.29) is 11.8 Å². The van der Waals surface area contributed by atoms with E-state index in [1.54, 1.807) is 0 Å². The van der Waals surface area contributed by atoms with Gasteiger partial charge in [-0.15, -0.1) is 0 Å². The molecule has 7 heteroatoms. The van der Waals surface area contributed by atoms with Crippen LogP contribution in [0.1, 0.15) is 39.0 Å². The topological polar surface area (TPSA) is 56.3 Å². The highest BCUT2D eigenvalue weighted by Gasteiger charge is 2.34. The van der Waals surface area contributed by atoms with E-state index in [0.29, 0.717) is 31.6 Å². The number of likely N-dealkylation sites (N-methyl/N-ethyl adjacent to an activating group) is 1. The minimum Gasteiger partial charge on any atom is -0.381 e. The Hall–Kier alpha value is -1.18. The number of hydrogen-bond acceptors (Lipinski definition) is 5. The number of likely N-dealkylation sites (tertiary alicyclic amines) is 2. The molecule has 0 saturated carbocycles. The lowest BCUT2D eigenvalue weighted by atomic mass is 9.92. The van der Waals surface area contributed by atoms with Crippen LogP contribution in [0, 0.1) is 5.92 Å². The molecule has 3 aliphatic heterocycles. The van der Waals surface area contributed by atoms with E-state index >= 15 is 0 Å². The van der Waals surface area contributed by atoms with Crippen LogP contribution in [-0.2, 0) is 14.3 Å². The summed E-state index contributed by atoms with van der Waals surface area (Å²) in [4.78, 5) is 34.1. The Morgan fingerprint density at radius 3 is 2.32 bits per heavy atom. The van der Waals surface area contributed by atoms with Crippen molar-refractivity contribution in [3.05, 3.63) is 0 Å². The highest BCUT2D eigenvalue weighted by molar-refractivity contribution is 5.79. The van der Waals surface area contributed by atoms with E-state index in [4.69, 9.17) is 4.74 Å². The van der Waals surface area contributed by atoms with E-state index in [1.165, 1.54) is 0 Å². The van der Waals surface area contributed by atoms with Gasteiger partial charge >= 0.3 is 0 Å². The molecule has 3 heterocycles. The largest absolute Gasteiger partial charge is 0.381 e. The van der Waals surface area contributed by atoms with E-state index < -0.39 is 0 Å². The molecule has 3 saturated heterocycles. The molecular formula is C21H38N4O3. The Bertz CT molecular complexity index is 514. The molecule has 2 amide bonds. The van der Waals surface area contributed by atoms with Crippen molar-refractivity contribution in [3.63, 3.8) is 0 Å². The van der Waals surface area contributed by atoms with E-state index in [0.717, 1.165) is 78.0 Å². The minimum absolute atomic E-state index is 0.156. The number of ether oxygens (including phenoxy) is 1. The predicted octanol–water partition coefficient (Wildman–Crippen LogP) is 0.890. The van der Waals surface area contributed by atoms with Gasteiger partial charge in [-0.3, -0.25) is 14.5 Å². The maximum absolute atomic E-state index is 13.0. The third-order valence-corrected chi connectivity index (χ3v) is 6.61. The summed E-state index contributed by atoms with van der Waals surface area (Å²) in [5.41, 5.74) is 0. The second-order valence-corrected chi connectivity index (χ2v) is 8.52. The first kappa shape index (κ1) is 21.5. The molecule has 1 atom stereocenters. The molecule has 3 rings (SSSR count). The summed E-state index contributed by atoms with van der Waals surface area (Å²) in [7, 11) is 2.12. The van der Waals surface area contributed by atoms with Gasteiger partial charge in [-0.2, -0.15) is 0 Å². The Morgan fingerprint density at radius 1 is 0.929 bits per heavy atom. The molecule has 7 nitrogen and oxygen atoms in total. The van der Waals surface area contributed by atoms with E-state index in [2.05, 4.69) is 21.7 Å². The van der Waals surface area contributed by atoms with Crippen LogP contribution in [0.15, 0.2) is 0 Å². The van der Waals surface area contributed by atoms with Gasteiger partial charge in [-0.1, -0.05) is 0 Å². The van der Waals surface area contributed by atoms with Gasteiger partial charge < -0.3 is 19.4 Å². The molecule has 0 N–H and O–H groups in total. The smallest absolute Gasteiger partial charge is 0.227 e. The molecule has 160 valence electrons. The standard InChI is InChI=1S/C21H38N4O3/c1-3-28-16-8-20(26)23-10-6-19(7-11-23)25-9-4-5-18(17-25)21(27)24-14-12-22(2)13-15-24/h18-19H,3-17H2,1-2H3/t18-/m0/s1. The van der Waals surface area contributed by atoms with Crippen LogP contribution in [0.5, 0.6) is 0 Å². The number of carbonyl (C=O) groups is 2. The number of nitrogens with zero attached hydrogens (tertiary/aromatic N) is 4. The lowest BCUT2D eigenvalue weighted by Gasteiger charge is -2.43. The zero-order valence-electron chi connectivity index (χ0n) is 17.8. The van der Waals surface area contributed by atoms with Crippen LogP contribution in [0.4, 0.5) is 0 Å². The first-order valence-corrected chi connectivity index (χ1v) is 11.2. The Labute approximate surface area is 169 Å². The highest BCUT2D eigenvalue weighted by Crippen LogP contribution is 2.25. The number of carbonyl (C=O) groups excluding carboxylic acids is 2. The van der Waals surface area contributed by atoms with Crippen molar-refractivity contribution < 1.29 is 14.3 Å². The maximum Gasteiger partial charge on any atom is 0.227 e. The monoisotopic (exact) mass is 394 g/mol. The number of hydrogen-bond donors (Lipinski definition) is 0. The average Bonchev–Trinajstić information content (AvgIpc) is 2.74. The third kappa shape index (κ3) is 5.67. The summed E-state index contributed by atoms with van der Waals surface area (Å²) < 4.78 is 5.31. The van der Waals surface area contributed by atoms with Crippen LogP contribution < -0.4 is 0 Å². The van der Waals surface area contributed by atoms with E-state index in [9.17, 15) is 9.59 Å². The molecule has 3 aliphatic rings. The summed E-state index contributed by atoms with van der Waals surface area (Å²) in [5, 5.41) is 0. The molecule has 0 aromatic rings. The quantitative estimate of drug-likeness (QED) is 0.627. The lowest BCUT2D eigenvalue weighted by molar-refractivity contribution is -0.139. The van der Waals surface area contributed by atoms with Crippen molar-refractivity contribution in [3.8, 4) is 0 Å². The molecule has 0 spiro atoms. The molecule has 3 fully saturated rings. The predicted molar refractivity (Wildman–Crippen MR) is 109 cm³/mol. The van der Waals surface area contributed by atoms with Crippen LogP contribution in [-0.4, -0.2) is 110 Å². The molecular weight excluding hydrogens is 356 g/mol. The minimum atomic E-state index is 0.156. The van der Waals surface area contributed by atoms with Crippen molar-refractivity contribution in [1.82, 2.24) is 19.6 Å². The fourth-order valence-corrected chi connectivity index (χ4v) is 4.77. The second kappa shape index (κ2) is 10.6. The van der Waals surface area contributed by atoms with Crippen molar-refractivity contribution >= 4 is 11.8 Å². The number of amides is 2. The van der Waals surface area contributed by atoms with Gasteiger partial charge in [0.1, 0.15) is 0 Å². The molecule has 0 aromatic carbocycles. The van der Waals surface area contributed by atoms with Crippen LogP contribution >= 0.6 is 0 Å². The summed E-state index contributed by atoms with van der Waals surface area (Å²) in [5.74, 6) is 0.734. The van der Waals surface area contributed by atoms with Crippen molar-refractivity contribution in [1.29, 1.82) is 0 Å². The van der Waals surface area contributed by atoms with Crippen molar-refractivity contribution in [2.24, 2.45) is 5.92 Å². The number of piperazine rings is 1. The normalized spacial score (nSPS) is 25.9. The van der Waals surface area contributed by atoms with Gasteiger partial charge in [0.25, 0.3) is 0 Å². The summed E-state index contributed by atoms with van der Waals surface area (Å²) in [6, 6.07) is 0.513. The Kier molecular flexibility index (Phi) is 8.11. The molecule has 0 aromatic heterocycles. The zero-order chi connectivity index (χ0) is 19.9. The zero-order valence-corrected chi connectivity index (χ0v) is 17.8. The molecule has 28 heavy (non-hydrogen) atoms. The van der Waals surface area contributed by atoms with Crippen LogP contribution in [0.2, 0.25) is 0 Å². The second-order valence-electron chi connectivity index (χ2n) is 8.52. The SMILES string of the molecule is CCOCCC(=O)N1CCC(N2CCC[C@H](C(=O)N3CCN(C)CC3)C2)CC1. The fraction of sp³-hybridized carbons (Fsp3) is 0.905. The summed E-state index contributed by atoms with van der Waals surface area (Å²) in [6.45, 7) is 10.5. The summed E-state index contributed by atoms with van der Waals surface area (Å²) in [6.07, 6.45) is 4.67. The van der Waals surface area contributed by atoms with Gasteiger partial charge in [-0.05, 0) is 46.2 Å². The van der Waals surface area contributed by atoms with Gasteiger partial charge in [0, 0.05) is 58.5 Å².